The summed E-state index contributed by atoms with van der Waals surface area (Å²) in [5, 5.41) is 3.05. The van der Waals surface area contributed by atoms with E-state index in [9.17, 15) is 9.18 Å². The minimum absolute atomic E-state index is 0.190. The molecule has 0 bridgehead atoms. The Morgan fingerprint density at radius 2 is 1.82 bits per heavy atom. The Bertz CT molecular complexity index is 493. The van der Waals surface area contributed by atoms with Gasteiger partial charge in [0.25, 0.3) is 0 Å². The number of amides is 1. The van der Waals surface area contributed by atoms with Crippen molar-refractivity contribution in [2.75, 3.05) is 44.2 Å². The molecule has 2 aliphatic rings. The Hall–Kier alpha value is -1.62. The fraction of sp³-hybridized carbons (Fsp3) is 0.588. The number of carbonyl (C=O) groups excluding carboxylic acids is 1. The number of halogens is 1. The van der Waals surface area contributed by atoms with Crippen LogP contribution in [0.4, 0.5) is 10.1 Å². The second kappa shape index (κ2) is 7.09. The molecule has 0 unspecified atom stereocenters. The molecule has 1 aromatic carbocycles. The Morgan fingerprint density at radius 3 is 2.41 bits per heavy atom. The molecule has 4 nitrogen and oxygen atoms in total. The molecule has 0 atom stereocenters. The van der Waals surface area contributed by atoms with E-state index in [1.165, 1.54) is 18.6 Å². The SMILES string of the molecule is O=C(NCCN1CCN(c2ccc(F)cc2)CC1)C1CCC1. The molecule has 2 fully saturated rings. The van der Waals surface area contributed by atoms with Crippen LogP contribution in [0.5, 0.6) is 0 Å². The molecule has 120 valence electrons. The number of rotatable bonds is 5. The van der Waals surface area contributed by atoms with Gasteiger partial charge in [-0.15, -0.1) is 0 Å². The van der Waals surface area contributed by atoms with Crippen LogP contribution in [0.1, 0.15) is 19.3 Å². The van der Waals surface area contributed by atoms with Crippen molar-refractivity contribution in [1.82, 2.24) is 10.2 Å². The van der Waals surface area contributed by atoms with E-state index < -0.39 is 0 Å². The van der Waals surface area contributed by atoms with E-state index in [1.807, 2.05) is 12.1 Å². The Labute approximate surface area is 131 Å². The van der Waals surface area contributed by atoms with Gasteiger partial charge < -0.3 is 10.2 Å². The maximum atomic E-state index is 12.9. The van der Waals surface area contributed by atoms with Crippen molar-refractivity contribution in [3.63, 3.8) is 0 Å². The smallest absolute Gasteiger partial charge is 0.223 e. The predicted octanol–water partition coefficient (Wildman–Crippen LogP) is 1.86. The van der Waals surface area contributed by atoms with Crippen LogP contribution in [0.15, 0.2) is 24.3 Å². The van der Waals surface area contributed by atoms with Gasteiger partial charge in [-0.2, -0.15) is 0 Å². The topological polar surface area (TPSA) is 35.6 Å². The fourth-order valence-corrected chi connectivity index (χ4v) is 3.03. The van der Waals surface area contributed by atoms with Crippen LogP contribution in [0.2, 0.25) is 0 Å². The molecular weight excluding hydrogens is 281 g/mol. The van der Waals surface area contributed by atoms with E-state index in [1.54, 1.807) is 0 Å². The molecule has 0 aromatic heterocycles. The third-order valence-corrected chi connectivity index (χ3v) is 4.77. The summed E-state index contributed by atoms with van der Waals surface area (Å²) in [7, 11) is 0. The monoisotopic (exact) mass is 305 g/mol. The van der Waals surface area contributed by atoms with E-state index in [4.69, 9.17) is 0 Å². The summed E-state index contributed by atoms with van der Waals surface area (Å²) >= 11 is 0. The van der Waals surface area contributed by atoms with Gasteiger partial charge in [0, 0.05) is 50.9 Å². The van der Waals surface area contributed by atoms with Crippen molar-refractivity contribution >= 4 is 11.6 Å². The molecule has 5 heteroatoms. The molecule has 1 N–H and O–H groups in total. The number of benzene rings is 1. The van der Waals surface area contributed by atoms with Gasteiger partial charge in [-0.05, 0) is 37.1 Å². The highest BCUT2D eigenvalue weighted by Crippen LogP contribution is 2.26. The van der Waals surface area contributed by atoms with E-state index in [2.05, 4.69) is 15.1 Å². The number of anilines is 1. The highest BCUT2D eigenvalue weighted by Gasteiger charge is 2.25. The highest BCUT2D eigenvalue weighted by atomic mass is 19.1. The molecule has 3 rings (SSSR count). The zero-order valence-electron chi connectivity index (χ0n) is 12.9. The van der Waals surface area contributed by atoms with Gasteiger partial charge >= 0.3 is 0 Å². The maximum Gasteiger partial charge on any atom is 0.223 e. The van der Waals surface area contributed by atoms with Gasteiger partial charge in [0.15, 0.2) is 0 Å². The molecule has 1 amide bonds. The quantitative estimate of drug-likeness (QED) is 0.902. The van der Waals surface area contributed by atoms with E-state index in [-0.39, 0.29) is 17.6 Å². The average molecular weight is 305 g/mol. The molecule has 1 saturated carbocycles. The number of nitrogens with one attached hydrogen (secondary N) is 1. The third kappa shape index (κ3) is 3.77. The highest BCUT2D eigenvalue weighted by molar-refractivity contribution is 5.79. The van der Waals surface area contributed by atoms with Crippen LogP contribution < -0.4 is 10.2 Å². The molecule has 0 spiro atoms. The molecule has 1 heterocycles. The lowest BCUT2D eigenvalue weighted by Crippen LogP contribution is -2.49. The summed E-state index contributed by atoms with van der Waals surface area (Å²) in [6, 6.07) is 6.70. The zero-order valence-corrected chi connectivity index (χ0v) is 12.9. The molecule has 22 heavy (non-hydrogen) atoms. The summed E-state index contributed by atoms with van der Waals surface area (Å²) in [5.74, 6) is 0.316. The molecule has 1 aliphatic carbocycles. The zero-order chi connectivity index (χ0) is 15.4. The Morgan fingerprint density at radius 1 is 1.14 bits per heavy atom. The van der Waals surface area contributed by atoms with Crippen LogP contribution in [-0.4, -0.2) is 50.1 Å². The van der Waals surface area contributed by atoms with Gasteiger partial charge in [0.05, 0.1) is 0 Å². The largest absolute Gasteiger partial charge is 0.369 e. The summed E-state index contributed by atoms with van der Waals surface area (Å²) < 4.78 is 12.9. The standard InChI is InChI=1S/C17H24FN3O/c18-15-4-6-16(7-5-15)21-12-10-20(11-13-21)9-8-19-17(22)14-2-1-3-14/h4-7,14H,1-3,8-13H2,(H,19,22). The van der Waals surface area contributed by atoms with Crippen molar-refractivity contribution in [2.45, 2.75) is 19.3 Å². The molecular formula is C17H24FN3O. The van der Waals surface area contributed by atoms with E-state index in [0.29, 0.717) is 0 Å². The summed E-state index contributed by atoms with van der Waals surface area (Å²) in [5.41, 5.74) is 1.08. The second-order valence-corrected chi connectivity index (χ2v) is 6.22. The van der Waals surface area contributed by atoms with Crippen LogP contribution in [-0.2, 0) is 4.79 Å². The normalized spacial score (nSPS) is 19.8. The third-order valence-electron chi connectivity index (χ3n) is 4.77. The van der Waals surface area contributed by atoms with Gasteiger partial charge in [-0.3, -0.25) is 9.69 Å². The number of hydrogen-bond donors (Lipinski definition) is 1. The summed E-state index contributed by atoms with van der Waals surface area (Å²) in [4.78, 5) is 16.4. The predicted molar refractivity (Wildman–Crippen MR) is 85.4 cm³/mol. The first-order chi connectivity index (χ1) is 10.7. The number of hydrogen-bond acceptors (Lipinski definition) is 3. The van der Waals surface area contributed by atoms with Crippen LogP contribution >= 0.6 is 0 Å². The van der Waals surface area contributed by atoms with Gasteiger partial charge in [-0.25, -0.2) is 4.39 Å². The van der Waals surface area contributed by atoms with E-state index in [0.717, 1.165) is 57.8 Å². The van der Waals surface area contributed by atoms with Gasteiger partial charge in [-0.1, -0.05) is 6.42 Å². The Balaban J connectivity index is 1.36. The summed E-state index contributed by atoms with van der Waals surface area (Å²) in [6.07, 6.45) is 3.31. The molecule has 0 radical (unpaired) electrons. The number of carbonyl (C=O) groups is 1. The first-order valence-corrected chi connectivity index (χ1v) is 8.23. The average Bonchev–Trinajstić information content (AvgIpc) is 2.47. The fourth-order valence-electron chi connectivity index (χ4n) is 3.03. The molecule has 1 aromatic rings. The van der Waals surface area contributed by atoms with Crippen LogP contribution in [0.25, 0.3) is 0 Å². The van der Waals surface area contributed by atoms with E-state index >= 15 is 0 Å². The van der Waals surface area contributed by atoms with Crippen molar-refractivity contribution in [3.8, 4) is 0 Å². The lowest BCUT2D eigenvalue weighted by atomic mass is 9.85. The van der Waals surface area contributed by atoms with Crippen molar-refractivity contribution in [1.29, 1.82) is 0 Å². The van der Waals surface area contributed by atoms with Crippen LogP contribution in [0.3, 0.4) is 0 Å². The lowest BCUT2D eigenvalue weighted by molar-refractivity contribution is -0.127. The van der Waals surface area contributed by atoms with Gasteiger partial charge in [0.2, 0.25) is 5.91 Å². The summed E-state index contributed by atoms with van der Waals surface area (Å²) in [6.45, 7) is 5.51. The molecule has 1 saturated heterocycles. The first kappa shape index (κ1) is 15.3. The van der Waals surface area contributed by atoms with Crippen molar-refractivity contribution < 1.29 is 9.18 Å². The van der Waals surface area contributed by atoms with Gasteiger partial charge in [0.1, 0.15) is 5.82 Å². The van der Waals surface area contributed by atoms with Crippen molar-refractivity contribution in [2.24, 2.45) is 5.92 Å². The number of nitrogens with zero attached hydrogens (tertiary/aromatic N) is 2. The van der Waals surface area contributed by atoms with Crippen LogP contribution in [0, 0.1) is 11.7 Å². The maximum absolute atomic E-state index is 12.9. The van der Waals surface area contributed by atoms with Crippen molar-refractivity contribution in [3.05, 3.63) is 30.1 Å². The second-order valence-electron chi connectivity index (χ2n) is 6.22. The number of piperazine rings is 1. The minimum Gasteiger partial charge on any atom is -0.369 e. The molecule has 1 aliphatic heterocycles. The Kier molecular flexibility index (Phi) is 4.93. The first-order valence-electron chi connectivity index (χ1n) is 8.23. The lowest BCUT2D eigenvalue weighted by Gasteiger charge is -2.36. The minimum atomic E-state index is -0.190.